The Morgan fingerprint density at radius 2 is 1.78 bits per heavy atom. The third-order valence-electron chi connectivity index (χ3n) is 4.70. The third-order valence-corrected chi connectivity index (χ3v) is 4.70. The predicted octanol–water partition coefficient (Wildman–Crippen LogP) is 4.09. The summed E-state index contributed by atoms with van der Waals surface area (Å²) in [6.45, 7) is 1.43. The number of benzene rings is 1. The first-order valence-corrected chi connectivity index (χ1v) is 8.34. The van der Waals surface area contributed by atoms with E-state index in [2.05, 4.69) is 20.2 Å². The van der Waals surface area contributed by atoms with Crippen molar-refractivity contribution >= 4 is 11.3 Å². The van der Waals surface area contributed by atoms with Gasteiger partial charge in [0.1, 0.15) is 11.4 Å². The van der Waals surface area contributed by atoms with Crippen LogP contribution in [0.4, 0.5) is 17.6 Å². The van der Waals surface area contributed by atoms with Gasteiger partial charge in [0.15, 0.2) is 0 Å². The largest absolute Gasteiger partial charge is 0.496 e. The zero-order valence-electron chi connectivity index (χ0n) is 14.5. The van der Waals surface area contributed by atoms with Crippen LogP contribution in [0, 0.1) is 12.9 Å². The summed E-state index contributed by atoms with van der Waals surface area (Å²) >= 11 is 0. The van der Waals surface area contributed by atoms with Crippen LogP contribution in [0.25, 0.3) is 22.6 Å². The van der Waals surface area contributed by atoms with Crippen LogP contribution >= 0.6 is 0 Å². The number of halogens is 4. The number of methoxy groups -OCH3 is 1. The number of rotatable bonds is 3. The van der Waals surface area contributed by atoms with Gasteiger partial charge >= 0.3 is 6.18 Å². The number of alkyl halides is 3. The first kappa shape index (κ1) is 17.6. The average Bonchev–Trinajstić information content (AvgIpc) is 2.92. The van der Waals surface area contributed by atoms with Crippen LogP contribution in [0.15, 0.2) is 12.1 Å². The van der Waals surface area contributed by atoms with E-state index in [1.54, 1.807) is 0 Å². The van der Waals surface area contributed by atoms with Crippen LogP contribution in [0.5, 0.6) is 5.75 Å². The Bertz CT molecular complexity index is 1030. The Balaban J connectivity index is 1.87. The van der Waals surface area contributed by atoms with Crippen molar-refractivity contribution in [3.63, 3.8) is 0 Å². The van der Waals surface area contributed by atoms with Crippen molar-refractivity contribution < 1.29 is 22.3 Å². The molecule has 0 amide bonds. The van der Waals surface area contributed by atoms with Gasteiger partial charge in [-0.05, 0) is 43.9 Å². The van der Waals surface area contributed by atoms with E-state index in [-0.39, 0.29) is 39.9 Å². The van der Waals surface area contributed by atoms with Crippen molar-refractivity contribution in [2.24, 2.45) is 0 Å². The Labute approximate surface area is 151 Å². The number of aromatic nitrogens is 5. The maximum absolute atomic E-state index is 14.6. The first-order valence-electron chi connectivity index (χ1n) is 8.34. The number of hydrogen-bond acceptors (Lipinski definition) is 5. The smallest absolute Gasteiger partial charge is 0.416 e. The van der Waals surface area contributed by atoms with Gasteiger partial charge in [0.2, 0.25) is 17.2 Å². The Hall–Kier alpha value is -2.78. The molecule has 0 saturated heterocycles. The van der Waals surface area contributed by atoms with E-state index in [0.717, 1.165) is 31.4 Å². The van der Waals surface area contributed by atoms with Crippen molar-refractivity contribution in [3.05, 3.63) is 29.2 Å². The molecule has 2 heterocycles. The summed E-state index contributed by atoms with van der Waals surface area (Å²) in [5.41, 5.74) is -0.625. The number of ether oxygens (including phenoxy) is 1. The monoisotopic (exact) mass is 381 g/mol. The van der Waals surface area contributed by atoms with Gasteiger partial charge in [-0.25, -0.2) is 4.98 Å². The molecule has 2 aromatic heterocycles. The molecule has 1 aliphatic rings. The summed E-state index contributed by atoms with van der Waals surface area (Å²) in [4.78, 5) is 9.45. The molecule has 1 saturated carbocycles. The molecule has 0 unspecified atom stereocenters. The Kier molecular flexibility index (Phi) is 4.01. The molecule has 0 spiro atoms. The van der Waals surface area contributed by atoms with E-state index in [0.29, 0.717) is 0 Å². The fourth-order valence-corrected chi connectivity index (χ4v) is 3.07. The molecule has 0 radical (unpaired) electrons. The molecule has 1 aromatic carbocycles. The minimum absolute atomic E-state index is 0.0617. The van der Waals surface area contributed by atoms with Gasteiger partial charge < -0.3 is 4.74 Å². The maximum Gasteiger partial charge on any atom is 0.416 e. The summed E-state index contributed by atoms with van der Waals surface area (Å²) in [5, 5.41) is 8.40. The van der Waals surface area contributed by atoms with Crippen LogP contribution in [-0.4, -0.2) is 32.1 Å². The average molecular weight is 381 g/mol. The lowest BCUT2D eigenvalue weighted by atomic mass is 9.94. The summed E-state index contributed by atoms with van der Waals surface area (Å²) in [5.74, 6) is -1.08. The molecule has 0 aliphatic heterocycles. The van der Waals surface area contributed by atoms with Crippen molar-refractivity contribution in [2.45, 2.75) is 38.4 Å². The number of aryl methyl sites for hydroxylation is 1. The van der Waals surface area contributed by atoms with Crippen molar-refractivity contribution in [1.82, 2.24) is 25.0 Å². The van der Waals surface area contributed by atoms with Gasteiger partial charge in [-0.2, -0.15) is 27.3 Å². The van der Waals surface area contributed by atoms with Crippen molar-refractivity contribution in [3.8, 4) is 17.0 Å². The predicted molar refractivity (Wildman–Crippen MR) is 87.7 cm³/mol. The maximum atomic E-state index is 14.6. The van der Waals surface area contributed by atoms with Gasteiger partial charge in [0, 0.05) is 5.56 Å². The number of nitrogens with zero attached hydrogens (tertiary/aromatic N) is 5. The van der Waals surface area contributed by atoms with E-state index in [9.17, 15) is 17.6 Å². The third kappa shape index (κ3) is 2.98. The lowest BCUT2D eigenvalue weighted by Gasteiger charge is -2.23. The van der Waals surface area contributed by atoms with Crippen LogP contribution in [-0.2, 0) is 6.18 Å². The quantitative estimate of drug-likeness (QED) is 0.640. The number of fused-ring (bicyclic) bond motifs is 1. The van der Waals surface area contributed by atoms with Gasteiger partial charge in [0.25, 0.3) is 0 Å². The van der Waals surface area contributed by atoms with E-state index < -0.39 is 17.7 Å². The normalized spacial score (nSPS) is 15.2. The minimum Gasteiger partial charge on any atom is -0.496 e. The molecule has 1 fully saturated rings. The van der Waals surface area contributed by atoms with E-state index in [1.807, 2.05) is 0 Å². The lowest BCUT2D eigenvalue weighted by molar-refractivity contribution is -0.137. The van der Waals surface area contributed by atoms with E-state index in [1.165, 1.54) is 18.8 Å². The SMILES string of the molecule is COc1cc(C(F)(F)F)cc(C)c1-c1nc2nn(C3CCC3)nc2nc1F. The highest BCUT2D eigenvalue weighted by molar-refractivity contribution is 5.76. The Morgan fingerprint density at radius 1 is 1.11 bits per heavy atom. The second-order valence-electron chi connectivity index (χ2n) is 6.48. The molecule has 6 nitrogen and oxygen atoms in total. The molecule has 0 atom stereocenters. The molecule has 3 aromatic rings. The fraction of sp³-hybridized carbons (Fsp3) is 0.412. The summed E-state index contributed by atoms with van der Waals surface area (Å²) < 4.78 is 58.8. The molecular formula is C17H15F4N5O. The second-order valence-corrected chi connectivity index (χ2v) is 6.48. The van der Waals surface area contributed by atoms with E-state index >= 15 is 0 Å². The molecule has 142 valence electrons. The van der Waals surface area contributed by atoms with Crippen LogP contribution in [0.2, 0.25) is 0 Å². The molecule has 10 heteroatoms. The molecule has 0 N–H and O–H groups in total. The minimum atomic E-state index is -4.55. The highest BCUT2D eigenvalue weighted by Crippen LogP contribution is 2.40. The van der Waals surface area contributed by atoms with Crippen LogP contribution in [0.3, 0.4) is 0 Å². The van der Waals surface area contributed by atoms with Crippen LogP contribution < -0.4 is 4.74 Å². The highest BCUT2D eigenvalue weighted by Gasteiger charge is 2.33. The van der Waals surface area contributed by atoms with Gasteiger partial charge in [0.05, 0.1) is 18.7 Å². The molecule has 0 bridgehead atoms. The van der Waals surface area contributed by atoms with Crippen molar-refractivity contribution in [2.75, 3.05) is 7.11 Å². The molecule has 27 heavy (non-hydrogen) atoms. The summed E-state index contributed by atoms with van der Waals surface area (Å²) in [7, 11) is 1.22. The molecular weight excluding hydrogens is 366 g/mol. The van der Waals surface area contributed by atoms with Gasteiger partial charge in [-0.3, -0.25) is 0 Å². The second kappa shape index (κ2) is 6.14. The standard InChI is InChI=1S/C17H15F4N5O/c1-8-6-9(17(19,20)21)7-11(27-2)12(8)13-14(18)23-16-15(22-13)24-26(25-16)10-4-3-5-10/h6-7,10H,3-5H2,1-2H3. The summed E-state index contributed by atoms with van der Waals surface area (Å²) in [6, 6.07) is 1.89. The van der Waals surface area contributed by atoms with E-state index in [4.69, 9.17) is 4.74 Å². The van der Waals surface area contributed by atoms with Crippen LogP contribution in [0.1, 0.15) is 36.4 Å². The lowest BCUT2D eigenvalue weighted by Crippen LogP contribution is -2.19. The Morgan fingerprint density at radius 3 is 2.33 bits per heavy atom. The van der Waals surface area contributed by atoms with Gasteiger partial charge in [-0.1, -0.05) is 0 Å². The molecule has 4 rings (SSSR count). The summed E-state index contributed by atoms with van der Waals surface area (Å²) in [6.07, 6.45) is -1.61. The number of hydrogen-bond donors (Lipinski definition) is 0. The topological polar surface area (TPSA) is 65.7 Å². The molecule has 1 aliphatic carbocycles. The zero-order valence-corrected chi connectivity index (χ0v) is 14.5. The zero-order chi connectivity index (χ0) is 19.3. The first-order chi connectivity index (χ1) is 12.8. The van der Waals surface area contributed by atoms with Gasteiger partial charge in [-0.15, -0.1) is 10.2 Å². The van der Waals surface area contributed by atoms with Crippen molar-refractivity contribution in [1.29, 1.82) is 0 Å². The highest BCUT2D eigenvalue weighted by atomic mass is 19.4. The fourth-order valence-electron chi connectivity index (χ4n) is 3.07.